The smallest absolute Gasteiger partial charge is 0.261 e. The van der Waals surface area contributed by atoms with Gasteiger partial charge < -0.3 is 14.9 Å². The van der Waals surface area contributed by atoms with Crippen molar-refractivity contribution in [2.45, 2.75) is 18.7 Å². The van der Waals surface area contributed by atoms with Crippen LogP contribution >= 0.6 is 0 Å². The van der Waals surface area contributed by atoms with Crippen LogP contribution in [0.1, 0.15) is 31.8 Å². The molecule has 0 spiro atoms. The van der Waals surface area contributed by atoms with Crippen molar-refractivity contribution in [3.63, 3.8) is 0 Å². The molecule has 9 heteroatoms. The lowest BCUT2D eigenvalue weighted by Crippen LogP contribution is -2.50. The van der Waals surface area contributed by atoms with Crippen LogP contribution in [0.25, 0.3) is 0 Å². The Balaban J connectivity index is 1.37. The number of amides is 2. The summed E-state index contributed by atoms with van der Waals surface area (Å²) >= 11 is 0. The van der Waals surface area contributed by atoms with E-state index in [2.05, 4.69) is 4.72 Å². The van der Waals surface area contributed by atoms with Crippen LogP contribution in [0.2, 0.25) is 0 Å². The van der Waals surface area contributed by atoms with E-state index in [9.17, 15) is 23.1 Å². The minimum absolute atomic E-state index is 0.0655. The number of aromatic hydroxyl groups is 1. The molecule has 182 valence electrons. The molecule has 2 amide bonds. The first-order valence-corrected chi connectivity index (χ1v) is 12.7. The normalized spacial score (nSPS) is 14.0. The number of nitrogens with zero attached hydrogens (tertiary/aromatic N) is 2. The van der Waals surface area contributed by atoms with Crippen molar-refractivity contribution in [3.8, 4) is 5.75 Å². The Hall–Kier alpha value is -3.85. The van der Waals surface area contributed by atoms with Gasteiger partial charge in [0.05, 0.1) is 10.5 Å². The Bertz CT molecular complexity index is 1360. The van der Waals surface area contributed by atoms with E-state index in [0.717, 1.165) is 11.1 Å². The van der Waals surface area contributed by atoms with E-state index in [4.69, 9.17) is 0 Å². The summed E-state index contributed by atoms with van der Waals surface area (Å²) in [5.74, 6) is -0.525. The van der Waals surface area contributed by atoms with Gasteiger partial charge in [-0.1, -0.05) is 18.2 Å². The molecule has 3 aromatic carbocycles. The monoisotopic (exact) mass is 493 g/mol. The fourth-order valence-corrected chi connectivity index (χ4v) is 5.04. The number of hydrogen-bond acceptors (Lipinski definition) is 5. The van der Waals surface area contributed by atoms with Gasteiger partial charge in [-0.25, -0.2) is 8.42 Å². The Labute approximate surface area is 204 Å². The zero-order valence-corrected chi connectivity index (χ0v) is 20.4. The van der Waals surface area contributed by atoms with Gasteiger partial charge in [0, 0.05) is 37.4 Å². The number of sulfonamides is 1. The van der Waals surface area contributed by atoms with Gasteiger partial charge in [0.1, 0.15) is 5.75 Å². The minimum atomic E-state index is -3.75. The molecule has 1 aliphatic heterocycles. The third-order valence-electron chi connectivity index (χ3n) is 6.16. The zero-order chi connectivity index (χ0) is 25.2. The summed E-state index contributed by atoms with van der Waals surface area (Å²) in [4.78, 5) is 29.0. The number of carbonyl (C=O) groups excluding carboxylic acids is 2. The van der Waals surface area contributed by atoms with E-state index in [1.807, 2.05) is 13.8 Å². The number of phenols is 1. The second kappa shape index (κ2) is 9.79. The standard InChI is InChI=1S/C26H27N3O5S/c1-18-7-12-22(17-19(18)2)35(33,34)27-21-10-8-20(9-11-21)25(31)28-13-15-29(16-14-28)26(32)23-5-3-4-6-24(23)30/h3-12,17,27,30H,13-16H2,1-2H3. The van der Waals surface area contributed by atoms with Crippen LogP contribution in [0.5, 0.6) is 5.75 Å². The predicted octanol–water partition coefficient (Wildman–Crippen LogP) is 3.41. The number of hydrogen-bond donors (Lipinski definition) is 2. The van der Waals surface area contributed by atoms with Crippen LogP contribution in [-0.4, -0.2) is 61.3 Å². The van der Waals surface area contributed by atoms with Crippen LogP contribution < -0.4 is 4.72 Å². The average molecular weight is 494 g/mol. The molecule has 0 radical (unpaired) electrons. The largest absolute Gasteiger partial charge is 0.507 e. The molecule has 0 aromatic heterocycles. The molecule has 3 aromatic rings. The van der Waals surface area contributed by atoms with Crippen molar-refractivity contribution in [1.82, 2.24) is 9.80 Å². The fraction of sp³-hybridized carbons (Fsp3) is 0.231. The van der Waals surface area contributed by atoms with Gasteiger partial charge in [-0.15, -0.1) is 0 Å². The molecule has 0 unspecified atom stereocenters. The summed E-state index contributed by atoms with van der Waals surface area (Å²) in [5, 5.41) is 9.93. The van der Waals surface area contributed by atoms with Crippen LogP contribution in [0.3, 0.4) is 0 Å². The number of carbonyl (C=O) groups is 2. The molecule has 0 aliphatic carbocycles. The number of para-hydroxylation sites is 1. The van der Waals surface area contributed by atoms with Gasteiger partial charge >= 0.3 is 0 Å². The summed E-state index contributed by atoms with van der Waals surface area (Å²) in [6.07, 6.45) is 0. The lowest BCUT2D eigenvalue weighted by Gasteiger charge is -2.35. The Morgan fingerprint density at radius 1 is 0.800 bits per heavy atom. The van der Waals surface area contributed by atoms with Crippen LogP contribution in [-0.2, 0) is 10.0 Å². The molecule has 1 heterocycles. The molecule has 0 bridgehead atoms. The first-order valence-electron chi connectivity index (χ1n) is 11.2. The Morgan fingerprint density at radius 2 is 1.40 bits per heavy atom. The summed E-state index contributed by atoms with van der Waals surface area (Å²) < 4.78 is 28.0. The molecular formula is C26H27N3O5S. The van der Waals surface area contributed by atoms with E-state index < -0.39 is 10.0 Å². The zero-order valence-electron chi connectivity index (χ0n) is 19.6. The maximum atomic E-state index is 12.9. The van der Waals surface area contributed by atoms with Crippen LogP contribution in [0, 0.1) is 13.8 Å². The highest BCUT2D eigenvalue weighted by molar-refractivity contribution is 7.92. The maximum absolute atomic E-state index is 12.9. The van der Waals surface area contributed by atoms with E-state index in [-0.39, 0.29) is 28.0 Å². The molecule has 1 saturated heterocycles. The SMILES string of the molecule is Cc1ccc(S(=O)(=O)Nc2ccc(C(=O)N3CCN(C(=O)c4ccccc4O)CC3)cc2)cc1C. The van der Waals surface area contributed by atoms with Crippen molar-refractivity contribution in [3.05, 3.63) is 89.0 Å². The van der Waals surface area contributed by atoms with E-state index in [0.29, 0.717) is 37.4 Å². The van der Waals surface area contributed by atoms with Gasteiger partial charge in [-0.2, -0.15) is 0 Å². The summed E-state index contributed by atoms with van der Waals surface area (Å²) in [7, 11) is -3.75. The molecule has 0 atom stereocenters. The number of phenolic OH excluding ortho intramolecular Hbond substituents is 1. The lowest BCUT2D eigenvalue weighted by molar-refractivity contribution is 0.0533. The van der Waals surface area contributed by atoms with E-state index in [1.54, 1.807) is 70.5 Å². The fourth-order valence-electron chi connectivity index (χ4n) is 3.90. The Kier molecular flexibility index (Phi) is 6.79. The second-order valence-electron chi connectivity index (χ2n) is 8.53. The molecule has 35 heavy (non-hydrogen) atoms. The number of benzene rings is 3. The second-order valence-corrected chi connectivity index (χ2v) is 10.2. The van der Waals surface area contributed by atoms with Gasteiger partial charge in [-0.3, -0.25) is 14.3 Å². The summed E-state index contributed by atoms with van der Waals surface area (Å²) in [6, 6.07) is 17.6. The topological polar surface area (TPSA) is 107 Å². The van der Waals surface area contributed by atoms with Gasteiger partial charge in [0.15, 0.2) is 0 Å². The van der Waals surface area contributed by atoms with Crippen molar-refractivity contribution >= 4 is 27.5 Å². The van der Waals surface area contributed by atoms with Crippen molar-refractivity contribution < 1.29 is 23.1 Å². The predicted molar refractivity (Wildman–Crippen MR) is 133 cm³/mol. The first-order chi connectivity index (χ1) is 16.7. The molecule has 8 nitrogen and oxygen atoms in total. The Morgan fingerprint density at radius 3 is 2.00 bits per heavy atom. The van der Waals surface area contributed by atoms with Crippen LogP contribution in [0.4, 0.5) is 5.69 Å². The third kappa shape index (κ3) is 5.30. The average Bonchev–Trinajstić information content (AvgIpc) is 2.85. The highest BCUT2D eigenvalue weighted by atomic mass is 32.2. The van der Waals surface area contributed by atoms with Gasteiger partial charge in [0.2, 0.25) is 0 Å². The quantitative estimate of drug-likeness (QED) is 0.567. The minimum Gasteiger partial charge on any atom is -0.507 e. The van der Waals surface area contributed by atoms with Gasteiger partial charge in [0.25, 0.3) is 21.8 Å². The molecule has 4 rings (SSSR count). The number of anilines is 1. The van der Waals surface area contributed by atoms with Crippen molar-refractivity contribution in [2.24, 2.45) is 0 Å². The summed E-state index contributed by atoms with van der Waals surface area (Å²) in [6.45, 7) is 5.20. The molecule has 2 N–H and O–H groups in total. The number of aryl methyl sites for hydroxylation is 2. The van der Waals surface area contributed by atoms with E-state index >= 15 is 0 Å². The van der Waals surface area contributed by atoms with Crippen LogP contribution in [0.15, 0.2) is 71.6 Å². The third-order valence-corrected chi connectivity index (χ3v) is 7.54. The molecule has 0 saturated carbocycles. The molecule has 1 fully saturated rings. The van der Waals surface area contributed by atoms with Crippen molar-refractivity contribution in [1.29, 1.82) is 0 Å². The highest BCUT2D eigenvalue weighted by Gasteiger charge is 2.26. The summed E-state index contributed by atoms with van der Waals surface area (Å²) in [5.41, 5.74) is 2.93. The first kappa shape index (κ1) is 24.3. The van der Waals surface area contributed by atoms with Crippen molar-refractivity contribution in [2.75, 3.05) is 30.9 Å². The molecular weight excluding hydrogens is 466 g/mol. The maximum Gasteiger partial charge on any atom is 0.261 e. The number of nitrogens with one attached hydrogen (secondary N) is 1. The lowest BCUT2D eigenvalue weighted by atomic mass is 10.1. The van der Waals surface area contributed by atoms with Gasteiger partial charge in [-0.05, 0) is 73.5 Å². The highest BCUT2D eigenvalue weighted by Crippen LogP contribution is 2.21. The molecule has 1 aliphatic rings. The van der Waals surface area contributed by atoms with E-state index in [1.165, 1.54) is 6.07 Å². The number of piperazine rings is 1. The number of rotatable bonds is 5.